The van der Waals surface area contributed by atoms with Gasteiger partial charge in [-0.05, 0) is 30.3 Å². The van der Waals surface area contributed by atoms with Crippen LogP contribution in [0.1, 0.15) is 6.92 Å². The van der Waals surface area contributed by atoms with Gasteiger partial charge < -0.3 is 20.7 Å². The highest BCUT2D eigenvalue weighted by molar-refractivity contribution is 5.94. The van der Waals surface area contributed by atoms with E-state index in [-0.39, 0.29) is 24.0 Å². The first-order chi connectivity index (χ1) is 11.5. The average Bonchev–Trinajstić information content (AvgIpc) is 2.55. The average molecular weight is 331 g/mol. The summed E-state index contributed by atoms with van der Waals surface area (Å²) in [6.07, 6.45) is 0. The predicted octanol–water partition coefficient (Wildman–Crippen LogP) is 2.84. The third kappa shape index (κ3) is 4.98. The number of methoxy groups -OCH3 is 1. The van der Waals surface area contributed by atoms with Crippen molar-refractivity contribution < 1.29 is 18.7 Å². The number of ether oxygens (including phenoxy) is 1. The van der Waals surface area contributed by atoms with E-state index in [1.165, 1.54) is 25.1 Å². The molecule has 0 aliphatic carbocycles. The second-order valence-electron chi connectivity index (χ2n) is 5.01. The van der Waals surface area contributed by atoms with E-state index in [2.05, 4.69) is 16.0 Å². The summed E-state index contributed by atoms with van der Waals surface area (Å²) in [5.41, 5.74) is 1.18. The number of carbonyl (C=O) groups excluding carboxylic acids is 2. The van der Waals surface area contributed by atoms with E-state index in [1.807, 2.05) is 0 Å². The molecule has 0 spiro atoms. The molecule has 0 heterocycles. The minimum absolute atomic E-state index is 0.0116. The quantitative estimate of drug-likeness (QED) is 0.760. The lowest BCUT2D eigenvalue weighted by Crippen LogP contribution is -2.21. The molecule has 0 atom stereocenters. The SMILES string of the molecule is COc1cccc(NC(=O)CNc2ccc(F)c(NC(C)=O)c2)c1. The number of amides is 2. The van der Waals surface area contributed by atoms with Crippen LogP contribution in [0.2, 0.25) is 0 Å². The number of benzene rings is 2. The van der Waals surface area contributed by atoms with Crippen LogP contribution in [0, 0.1) is 5.82 Å². The summed E-state index contributed by atoms with van der Waals surface area (Å²) in [6, 6.07) is 11.1. The van der Waals surface area contributed by atoms with Crippen LogP contribution in [0.25, 0.3) is 0 Å². The molecule has 0 fully saturated rings. The van der Waals surface area contributed by atoms with Crippen molar-refractivity contribution in [3.63, 3.8) is 0 Å². The molecule has 0 saturated carbocycles. The lowest BCUT2D eigenvalue weighted by molar-refractivity contribution is -0.115. The van der Waals surface area contributed by atoms with E-state index in [0.29, 0.717) is 17.1 Å². The maximum absolute atomic E-state index is 13.6. The minimum Gasteiger partial charge on any atom is -0.497 e. The number of rotatable bonds is 6. The van der Waals surface area contributed by atoms with Gasteiger partial charge in [0.1, 0.15) is 11.6 Å². The third-order valence-electron chi connectivity index (χ3n) is 3.08. The zero-order valence-corrected chi connectivity index (χ0v) is 13.4. The van der Waals surface area contributed by atoms with Gasteiger partial charge in [-0.2, -0.15) is 0 Å². The van der Waals surface area contributed by atoms with Crippen LogP contribution in [-0.4, -0.2) is 25.5 Å². The van der Waals surface area contributed by atoms with Gasteiger partial charge in [-0.3, -0.25) is 9.59 Å². The van der Waals surface area contributed by atoms with Crippen molar-refractivity contribution in [1.29, 1.82) is 0 Å². The van der Waals surface area contributed by atoms with Gasteiger partial charge in [-0.1, -0.05) is 6.07 Å². The summed E-state index contributed by atoms with van der Waals surface area (Å²) in [4.78, 5) is 23.0. The Hall–Kier alpha value is -3.09. The van der Waals surface area contributed by atoms with Crippen molar-refractivity contribution in [3.05, 3.63) is 48.3 Å². The summed E-state index contributed by atoms with van der Waals surface area (Å²) < 4.78 is 18.6. The van der Waals surface area contributed by atoms with Gasteiger partial charge in [0.25, 0.3) is 0 Å². The van der Waals surface area contributed by atoms with E-state index >= 15 is 0 Å². The largest absolute Gasteiger partial charge is 0.497 e. The van der Waals surface area contributed by atoms with Crippen LogP contribution in [0.5, 0.6) is 5.75 Å². The van der Waals surface area contributed by atoms with Crippen molar-refractivity contribution in [2.75, 3.05) is 29.6 Å². The molecular weight excluding hydrogens is 313 g/mol. The number of hydrogen-bond acceptors (Lipinski definition) is 4. The molecule has 0 saturated heterocycles. The summed E-state index contributed by atoms with van der Waals surface area (Å²) in [7, 11) is 1.55. The lowest BCUT2D eigenvalue weighted by Gasteiger charge is -2.10. The zero-order valence-electron chi connectivity index (χ0n) is 13.4. The molecule has 0 aliphatic rings. The van der Waals surface area contributed by atoms with Crippen LogP contribution in [-0.2, 0) is 9.59 Å². The first kappa shape index (κ1) is 17.3. The smallest absolute Gasteiger partial charge is 0.243 e. The lowest BCUT2D eigenvalue weighted by atomic mass is 10.2. The number of nitrogens with one attached hydrogen (secondary N) is 3. The Kier molecular flexibility index (Phi) is 5.73. The van der Waals surface area contributed by atoms with E-state index in [0.717, 1.165) is 0 Å². The van der Waals surface area contributed by atoms with Gasteiger partial charge in [0.15, 0.2) is 0 Å². The van der Waals surface area contributed by atoms with Crippen molar-refractivity contribution in [1.82, 2.24) is 0 Å². The first-order valence-corrected chi connectivity index (χ1v) is 7.23. The van der Waals surface area contributed by atoms with E-state index in [9.17, 15) is 14.0 Å². The molecule has 7 heteroatoms. The number of carbonyl (C=O) groups is 2. The Labute approximate surface area is 139 Å². The number of halogens is 1. The Morgan fingerprint density at radius 2 is 1.88 bits per heavy atom. The molecule has 126 valence electrons. The molecular formula is C17H18FN3O3. The van der Waals surface area contributed by atoms with Gasteiger partial charge >= 0.3 is 0 Å². The van der Waals surface area contributed by atoms with Gasteiger partial charge in [0.2, 0.25) is 11.8 Å². The molecule has 0 aliphatic heterocycles. The van der Waals surface area contributed by atoms with E-state index in [4.69, 9.17) is 4.74 Å². The van der Waals surface area contributed by atoms with Crippen molar-refractivity contribution in [2.45, 2.75) is 6.92 Å². The topological polar surface area (TPSA) is 79.5 Å². The predicted molar refractivity (Wildman–Crippen MR) is 90.8 cm³/mol. The fraction of sp³-hybridized carbons (Fsp3) is 0.176. The number of hydrogen-bond donors (Lipinski definition) is 3. The van der Waals surface area contributed by atoms with Crippen molar-refractivity contribution in [3.8, 4) is 5.75 Å². The molecule has 2 aromatic carbocycles. The number of anilines is 3. The minimum atomic E-state index is -0.545. The molecule has 0 aromatic heterocycles. The Morgan fingerprint density at radius 1 is 1.08 bits per heavy atom. The monoisotopic (exact) mass is 331 g/mol. The highest BCUT2D eigenvalue weighted by Gasteiger charge is 2.07. The summed E-state index contributed by atoms with van der Waals surface area (Å²) in [5.74, 6) is -0.550. The van der Waals surface area contributed by atoms with Crippen LogP contribution in [0.15, 0.2) is 42.5 Å². The summed E-state index contributed by atoms with van der Waals surface area (Å²) in [6.45, 7) is 1.28. The van der Waals surface area contributed by atoms with Crippen molar-refractivity contribution in [2.24, 2.45) is 0 Å². The maximum Gasteiger partial charge on any atom is 0.243 e. The van der Waals surface area contributed by atoms with Gasteiger partial charge in [-0.25, -0.2) is 4.39 Å². The third-order valence-corrected chi connectivity index (χ3v) is 3.08. The van der Waals surface area contributed by atoms with Crippen molar-refractivity contribution >= 4 is 28.9 Å². The molecule has 2 amide bonds. The molecule has 0 bridgehead atoms. The van der Waals surface area contributed by atoms with Gasteiger partial charge in [0.05, 0.1) is 19.3 Å². The first-order valence-electron chi connectivity index (χ1n) is 7.23. The fourth-order valence-electron chi connectivity index (χ4n) is 2.01. The molecule has 24 heavy (non-hydrogen) atoms. The highest BCUT2D eigenvalue weighted by Crippen LogP contribution is 2.20. The fourth-order valence-corrected chi connectivity index (χ4v) is 2.01. The normalized spacial score (nSPS) is 9.96. The van der Waals surface area contributed by atoms with Crippen LogP contribution >= 0.6 is 0 Å². The van der Waals surface area contributed by atoms with Gasteiger partial charge in [0, 0.05) is 24.4 Å². The second-order valence-corrected chi connectivity index (χ2v) is 5.01. The van der Waals surface area contributed by atoms with Crippen LogP contribution in [0.4, 0.5) is 21.5 Å². The van der Waals surface area contributed by atoms with Crippen LogP contribution in [0.3, 0.4) is 0 Å². The molecule has 3 N–H and O–H groups in total. The Balaban J connectivity index is 1.95. The summed E-state index contributed by atoms with van der Waals surface area (Å²) >= 11 is 0. The molecule has 0 unspecified atom stereocenters. The van der Waals surface area contributed by atoms with E-state index in [1.54, 1.807) is 31.4 Å². The second kappa shape index (κ2) is 7.96. The highest BCUT2D eigenvalue weighted by atomic mass is 19.1. The van der Waals surface area contributed by atoms with Crippen LogP contribution < -0.4 is 20.7 Å². The maximum atomic E-state index is 13.6. The molecule has 6 nitrogen and oxygen atoms in total. The van der Waals surface area contributed by atoms with Gasteiger partial charge in [-0.15, -0.1) is 0 Å². The zero-order chi connectivity index (χ0) is 17.5. The Morgan fingerprint density at radius 3 is 2.58 bits per heavy atom. The van der Waals surface area contributed by atoms with E-state index < -0.39 is 5.82 Å². The Bertz CT molecular complexity index is 750. The summed E-state index contributed by atoms with van der Waals surface area (Å²) in [5, 5.41) is 7.98. The molecule has 2 aromatic rings. The standard InChI is InChI=1S/C17H18FN3O3/c1-11(22)20-16-9-12(6-7-15(16)18)19-10-17(23)21-13-4-3-5-14(8-13)24-2/h3-9,19H,10H2,1-2H3,(H,20,22)(H,21,23). The molecule has 0 radical (unpaired) electrons. The molecule has 2 rings (SSSR count).